The highest BCUT2D eigenvalue weighted by Crippen LogP contribution is 2.38. The average molecular weight is 439 g/mol. The number of aromatic nitrogens is 1. The van der Waals surface area contributed by atoms with Gasteiger partial charge in [-0.15, -0.1) is 0 Å². The zero-order valence-electron chi connectivity index (χ0n) is 18.1. The van der Waals surface area contributed by atoms with Gasteiger partial charge in [0.25, 0.3) is 0 Å². The molecule has 0 amide bonds. The van der Waals surface area contributed by atoms with E-state index in [-0.39, 0.29) is 0 Å². The molecule has 0 saturated heterocycles. The predicted octanol–water partition coefficient (Wildman–Crippen LogP) is 6.81. The third-order valence-electron chi connectivity index (χ3n) is 6.02. The normalized spacial score (nSPS) is 11.3. The number of rotatable bonds is 4. The molecule has 1 nitrogen and oxygen atoms in total. The van der Waals surface area contributed by atoms with Crippen LogP contribution in [0.3, 0.4) is 0 Å². The summed E-state index contributed by atoms with van der Waals surface area (Å²) >= 11 is 0. The van der Waals surface area contributed by atoms with Crippen LogP contribution < -0.4 is 15.9 Å². The summed E-state index contributed by atoms with van der Waals surface area (Å²) in [7, 11) is -0.763. The zero-order valence-corrected chi connectivity index (χ0v) is 19.0. The second kappa shape index (κ2) is 8.62. The molecule has 6 rings (SSSR count). The van der Waals surface area contributed by atoms with Crippen LogP contribution in [-0.2, 0) is 0 Å². The van der Waals surface area contributed by atoms with Gasteiger partial charge in [0.15, 0.2) is 0 Å². The van der Waals surface area contributed by atoms with E-state index in [9.17, 15) is 0 Å². The van der Waals surface area contributed by atoms with Crippen LogP contribution in [0.5, 0.6) is 0 Å². The molecule has 0 unspecified atom stereocenters. The van der Waals surface area contributed by atoms with E-state index in [1.165, 1.54) is 32.1 Å². The molecule has 156 valence electrons. The van der Waals surface area contributed by atoms with Crippen LogP contribution in [0, 0.1) is 0 Å². The molecule has 0 N–H and O–H groups in total. The Hall–Kier alpha value is -3.80. The lowest BCUT2D eigenvalue weighted by Crippen LogP contribution is -2.22. The van der Waals surface area contributed by atoms with Gasteiger partial charge in [0, 0.05) is 16.3 Å². The van der Waals surface area contributed by atoms with Crippen LogP contribution in [0.25, 0.3) is 32.9 Å². The molecule has 1 aromatic heterocycles. The van der Waals surface area contributed by atoms with Gasteiger partial charge in [-0.3, -0.25) is 0 Å². The van der Waals surface area contributed by atoms with Gasteiger partial charge in [-0.25, -0.2) is 4.98 Å². The fourth-order valence-corrected chi connectivity index (χ4v) is 6.92. The van der Waals surface area contributed by atoms with Gasteiger partial charge in [0.2, 0.25) is 0 Å². The van der Waals surface area contributed by atoms with Gasteiger partial charge in [0.05, 0.1) is 11.2 Å². The zero-order chi connectivity index (χ0) is 22.0. The molecule has 0 aliphatic heterocycles. The van der Waals surface area contributed by atoms with E-state index in [1.54, 1.807) is 0 Å². The first kappa shape index (κ1) is 19.9. The predicted molar refractivity (Wildman–Crippen MR) is 143 cm³/mol. The highest BCUT2D eigenvalue weighted by molar-refractivity contribution is 7.80. The Bertz CT molecular complexity index is 1500. The van der Waals surface area contributed by atoms with Crippen molar-refractivity contribution in [2.24, 2.45) is 0 Å². The molecular formula is C31H22NP. The van der Waals surface area contributed by atoms with Crippen molar-refractivity contribution < 1.29 is 0 Å². The monoisotopic (exact) mass is 439 g/mol. The van der Waals surface area contributed by atoms with Gasteiger partial charge in [-0.2, -0.15) is 0 Å². The third-order valence-corrected chi connectivity index (χ3v) is 8.47. The summed E-state index contributed by atoms with van der Waals surface area (Å²) in [6.45, 7) is 0. The molecule has 0 atom stereocenters. The van der Waals surface area contributed by atoms with Crippen LogP contribution >= 0.6 is 7.92 Å². The third kappa shape index (κ3) is 3.71. The maximum atomic E-state index is 5.28. The number of hydrogen-bond donors (Lipinski definition) is 0. The molecule has 1 heterocycles. The molecule has 0 radical (unpaired) electrons. The van der Waals surface area contributed by atoms with Crippen molar-refractivity contribution in [3.8, 4) is 11.3 Å². The number of benzene rings is 5. The van der Waals surface area contributed by atoms with Crippen molar-refractivity contribution >= 4 is 45.5 Å². The van der Waals surface area contributed by atoms with Gasteiger partial charge in [-0.1, -0.05) is 115 Å². The fraction of sp³-hybridized carbons (Fsp3) is 0. The van der Waals surface area contributed by atoms with Crippen molar-refractivity contribution in [2.45, 2.75) is 0 Å². The summed E-state index contributed by atoms with van der Waals surface area (Å²) in [6.07, 6.45) is 0. The molecule has 6 aromatic rings. The highest BCUT2D eigenvalue weighted by Gasteiger charge is 2.21. The van der Waals surface area contributed by atoms with E-state index >= 15 is 0 Å². The number of pyridine rings is 1. The second-order valence-corrected chi connectivity index (χ2v) is 10.3. The minimum Gasteiger partial charge on any atom is -0.247 e. The lowest BCUT2D eigenvalue weighted by Gasteiger charge is -2.22. The van der Waals surface area contributed by atoms with Crippen molar-refractivity contribution in [3.63, 3.8) is 0 Å². The summed E-state index contributed by atoms with van der Waals surface area (Å²) in [4.78, 5) is 5.28. The Morgan fingerprint density at radius 2 is 1.06 bits per heavy atom. The molecule has 2 heteroatoms. The van der Waals surface area contributed by atoms with E-state index in [1.807, 2.05) is 6.07 Å². The van der Waals surface area contributed by atoms with E-state index in [2.05, 4.69) is 127 Å². The smallest absolute Gasteiger partial charge is 0.0799 e. The Balaban J connectivity index is 1.70. The first-order valence-electron chi connectivity index (χ1n) is 11.2. The Labute approximate surface area is 195 Å². The average Bonchev–Trinajstić information content (AvgIpc) is 2.90. The molecule has 0 aliphatic rings. The first-order chi connectivity index (χ1) is 16.4. The SMILES string of the molecule is c1ccc(-c2ccc3c(n2)c(P(c2ccccc2)c2ccccc2)cc2ccccc23)cc1. The van der Waals surface area contributed by atoms with Crippen molar-refractivity contribution in [1.82, 2.24) is 4.98 Å². The standard InChI is InChI=1S/C31H22NP/c1-4-12-23(13-5-1)29-21-20-28-27-19-11-10-14-24(27)22-30(31(28)32-29)33(25-15-6-2-7-16-25)26-17-8-3-9-18-26/h1-22H. The van der Waals surface area contributed by atoms with Crippen LogP contribution in [0.15, 0.2) is 133 Å². The summed E-state index contributed by atoms with van der Waals surface area (Å²) < 4.78 is 0. The molecule has 0 bridgehead atoms. The second-order valence-electron chi connectivity index (χ2n) is 8.08. The van der Waals surface area contributed by atoms with Gasteiger partial charge >= 0.3 is 0 Å². The van der Waals surface area contributed by atoms with Gasteiger partial charge in [-0.05, 0) is 47.5 Å². The molecular weight excluding hydrogens is 417 g/mol. The molecule has 0 saturated carbocycles. The van der Waals surface area contributed by atoms with Crippen molar-refractivity contribution in [1.29, 1.82) is 0 Å². The van der Waals surface area contributed by atoms with Crippen LogP contribution in [-0.4, -0.2) is 4.98 Å². The van der Waals surface area contributed by atoms with Crippen molar-refractivity contribution in [3.05, 3.63) is 133 Å². The number of nitrogens with zero attached hydrogens (tertiary/aromatic N) is 1. The Morgan fingerprint density at radius 3 is 1.73 bits per heavy atom. The minimum atomic E-state index is -0.763. The molecule has 0 aliphatic carbocycles. The number of fused-ring (bicyclic) bond motifs is 3. The summed E-state index contributed by atoms with van der Waals surface area (Å²) in [5.41, 5.74) is 3.24. The molecule has 33 heavy (non-hydrogen) atoms. The van der Waals surface area contributed by atoms with E-state index in [0.29, 0.717) is 0 Å². The lowest BCUT2D eigenvalue weighted by molar-refractivity contribution is 1.41. The van der Waals surface area contributed by atoms with Crippen LogP contribution in [0.1, 0.15) is 0 Å². The topological polar surface area (TPSA) is 12.9 Å². The maximum absolute atomic E-state index is 5.28. The Kier molecular flexibility index (Phi) is 5.19. The summed E-state index contributed by atoms with van der Waals surface area (Å²) in [5.74, 6) is 0. The summed E-state index contributed by atoms with van der Waals surface area (Å²) in [6, 6.07) is 47.6. The minimum absolute atomic E-state index is 0.763. The Morgan fingerprint density at radius 1 is 0.485 bits per heavy atom. The van der Waals surface area contributed by atoms with Crippen LogP contribution in [0.4, 0.5) is 0 Å². The van der Waals surface area contributed by atoms with E-state index < -0.39 is 7.92 Å². The van der Waals surface area contributed by atoms with Gasteiger partial charge in [0.1, 0.15) is 0 Å². The fourth-order valence-electron chi connectivity index (χ4n) is 4.48. The van der Waals surface area contributed by atoms with E-state index in [0.717, 1.165) is 16.8 Å². The van der Waals surface area contributed by atoms with E-state index in [4.69, 9.17) is 4.98 Å². The number of hydrogen-bond acceptors (Lipinski definition) is 1. The largest absolute Gasteiger partial charge is 0.247 e. The van der Waals surface area contributed by atoms with Gasteiger partial charge < -0.3 is 0 Å². The van der Waals surface area contributed by atoms with Crippen LogP contribution in [0.2, 0.25) is 0 Å². The molecule has 5 aromatic carbocycles. The quantitative estimate of drug-likeness (QED) is 0.217. The summed E-state index contributed by atoms with van der Waals surface area (Å²) in [5, 5.41) is 7.69. The molecule has 0 spiro atoms. The first-order valence-corrected chi connectivity index (χ1v) is 12.5. The highest BCUT2D eigenvalue weighted by atomic mass is 31.1. The molecule has 0 fully saturated rings. The van der Waals surface area contributed by atoms with Crippen molar-refractivity contribution in [2.75, 3.05) is 0 Å². The lowest BCUT2D eigenvalue weighted by atomic mass is 10.0. The maximum Gasteiger partial charge on any atom is 0.0799 e.